The smallest absolute Gasteiger partial charge is 0.478 e. The maximum absolute atomic E-state index is 13.4. The fourth-order valence-electron chi connectivity index (χ4n) is 11.3. The lowest BCUT2D eigenvalue weighted by molar-refractivity contribution is 0.00578. The molecule has 31 heteroatoms. The lowest BCUT2D eigenvalue weighted by atomic mass is 9.77. The number of benzene rings is 3. The van der Waals surface area contributed by atoms with Gasteiger partial charge in [0.15, 0.2) is 0 Å². The SMILES string of the molecule is Brc1csc(Br)c1.CC(C)(C)c1cc(-c2cc(-c3ccc(C(=O)N4CCC(F)(F)C4)cc3Cl)cs2)ccn1.CC(C)(C)c1cc(-c2cc(-c3ccc(C(=O)O)cc3Cl)cs2)ccn1.CC(C)(C)c1cc(-c2cc(Br)cs2)ccn1.CC(C)(C)c1cc(B2OC(C)(C)C(C)(C)O2)ccn1.FC1(F)CCNC1.O=C(O)c1ccc(B(O)O)c(Cl)c1. The number of hydrogen-bond acceptors (Lipinski definition) is 16. The molecule has 3 aliphatic heterocycles. The Morgan fingerprint density at radius 2 is 0.890 bits per heavy atom. The molecule has 0 unspecified atom stereocenters. The Bertz CT molecular complexity index is 5260. The Balaban J connectivity index is 0.000000181. The average molecular weight is 1940 g/mol. The molecule has 11 aromatic rings. The van der Waals surface area contributed by atoms with Crippen molar-refractivity contribution in [2.75, 3.05) is 26.2 Å². The second-order valence-electron chi connectivity index (χ2n) is 33.2. The number of carboxylic acids is 2. The summed E-state index contributed by atoms with van der Waals surface area (Å²) in [5.74, 6) is -7.73. The van der Waals surface area contributed by atoms with E-state index in [1.807, 2.05) is 65.2 Å². The zero-order valence-corrected chi connectivity index (χ0v) is 78.4. The van der Waals surface area contributed by atoms with E-state index in [4.69, 9.17) is 64.4 Å². The van der Waals surface area contributed by atoms with Crippen molar-refractivity contribution in [2.24, 2.45) is 0 Å². The van der Waals surface area contributed by atoms with Crippen LogP contribution in [0.3, 0.4) is 0 Å². The maximum atomic E-state index is 13.4. The van der Waals surface area contributed by atoms with Crippen LogP contribution in [-0.4, -0.2) is 126 Å². The maximum Gasteiger partial charge on any atom is 0.494 e. The third-order valence-corrected chi connectivity index (χ3v) is 25.8. The number of carboxylic acid groups (broad SMARTS) is 2. The molecular formula is C87H94B2Br3Cl3F4N6O9S4. The summed E-state index contributed by atoms with van der Waals surface area (Å²) in [6.07, 6.45) is 7.10. The van der Waals surface area contributed by atoms with E-state index < -0.39 is 43.4 Å². The van der Waals surface area contributed by atoms with Crippen LogP contribution >= 0.6 is 128 Å². The number of thiophene rings is 4. The van der Waals surface area contributed by atoms with Crippen molar-refractivity contribution in [3.05, 3.63) is 241 Å². The van der Waals surface area contributed by atoms with Gasteiger partial charge in [0.05, 0.1) is 39.2 Å². The van der Waals surface area contributed by atoms with E-state index in [2.05, 4.69) is 238 Å². The second-order valence-corrected chi connectivity index (χ2v) is 41.3. The van der Waals surface area contributed by atoms with Crippen LogP contribution in [0.1, 0.15) is 177 Å². The number of alkyl halides is 4. The number of hydrogen-bond donors (Lipinski definition) is 5. The Labute approximate surface area is 745 Å². The summed E-state index contributed by atoms with van der Waals surface area (Å²) in [4.78, 5) is 56.6. The Kier molecular flexibility index (Phi) is 33.4. The average Bonchev–Trinajstić information content (AvgIpc) is 1.62. The summed E-state index contributed by atoms with van der Waals surface area (Å²) in [6, 6.07) is 38.3. The lowest BCUT2D eigenvalue weighted by Gasteiger charge is -2.32. The van der Waals surface area contributed by atoms with Gasteiger partial charge in [-0.1, -0.05) is 136 Å². The van der Waals surface area contributed by atoms with Crippen LogP contribution in [-0.2, 0) is 31.0 Å². The fraction of sp³-hybridized carbons (Fsp3) is 0.345. The molecule has 626 valence electrons. The quantitative estimate of drug-likeness (QED) is 0.0636. The second kappa shape index (κ2) is 40.6. The predicted molar refractivity (Wildman–Crippen MR) is 489 cm³/mol. The summed E-state index contributed by atoms with van der Waals surface area (Å²) in [5.41, 5.74) is 12.4. The van der Waals surface area contributed by atoms with Crippen molar-refractivity contribution in [3.8, 4) is 53.6 Å². The van der Waals surface area contributed by atoms with Gasteiger partial charge in [0.25, 0.3) is 17.8 Å². The zero-order chi connectivity index (χ0) is 87.4. The molecule has 3 fully saturated rings. The molecule has 0 aliphatic carbocycles. The number of carbonyl (C=O) groups is 3. The number of nitrogens with one attached hydrogen (secondary N) is 1. The molecule has 0 spiro atoms. The third-order valence-electron chi connectivity index (χ3n) is 18.9. The van der Waals surface area contributed by atoms with Crippen molar-refractivity contribution in [2.45, 2.75) is 168 Å². The van der Waals surface area contributed by atoms with E-state index in [0.29, 0.717) is 22.2 Å². The van der Waals surface area contributed by atoms with E-state index in [1.165, 1.54) is 43.4 Å². The first-order valence-corrected chi connectivity index (χ1v) is 44.3. The monoisotopic (exact) mass is 1930 g/mol. The van der Waals surface area contributed by atoms with E-state index in [1.54, 1.807) is 75.7 Å². The van der Waals surface area contributed by atoms with E-state index in [9.17, 15) is 31.9 Å². The van der Waals surface area contributed by atoms with Gasteiger partial charge >= 0.3 is 26.2 Å². The van der Waals surface area contributed by atoms with Gasteiger partial charge in [0.2, 0.25) is 0 Å². The number of carbonyl (C=O) groups excluding carboxylic acids is 1. The molecule has 15 nitrogen and oxygen atoms in total. The standard InChI is InChI=1S/C24H23ClF2N2OS.C20H18ClNO2S.C15H24BNO2.C13H14BrNS.C7H6BClO4.C4H2Br2S.C4H7F2N/c1-23(2,3)21-12-15(6-8-28-21)20-11-17(13-31-20)18-5-4-16(10-19(18)25)22(30)29-9-7-24(26,27)14-29;1-20(2,3)18-10-12(6-7-22-18)17-9-14(11-25-17)15-5-4-13(19(23)24)8-16(15)21;1-13(2,3)12-10-11(8-9-17-12)16-18-14(4,5)15(6,7)19-16;1-13(2,3)12-6-9(4-5-15-12)11-7-10(14)8-16-11;9-6-3-4(7(10)11)1-2-5(6)8(12)13;5-3-1-4(6)7-2-3;5-4(6)1-2-7-3-4/h4-6,8,10-13H,7,9,14H2,1-3H3;4-11H,1-3H3,(H,23,24);8-10H,1-7H3;4-8H,1-3H3;1-3,12-13H,(H,10,11);1-2H;7H,1-3H2. The van der Waals surface area contributed by atoms with Gasteiger partial charge in [-0.25, -0.2) is 27.2 Å². The van der Waals surface area contributed by atoms with Gasteiger partial charge in [-0.3, -0.25) is 24.7 Å². The zero-order valence-electron chi connectivity index (χ0n) is 68.1. The molecule has 3 aliphatic rings. The summed E-state index contributed by atoms with van der Waals surface area (Å²) >= 11 is 35.1. The van der Waals surface area contributed by atoms with Gasteiger partial charge in [0.1, 0.15) is 0 Å². The molecule has 0 bridgehead atoms. The van der Waals surface area contributed by atoms with E-state index in [0.717, 1.165) is 80.3 Å². The Morgan fingerprint density at radius 1 is 0.492 bits per heavy atom. The van der Waals surface area contributed by atoms with Crippen molar-refractivity contribution in [1.82, 2.24) is 30.2 Å². The molecule has 0 saturated carbocycles. The highest BCUT2D eigenvalue weighted by atomic mass is 79.9. The molecule has 118 heavy (non-hydrogen) atoms. The van der Waals surface area contributed by atoms with Crippen LogP contribution in [0.4, 0.5) is 17.6 Å². The summed E-state index contributed by atoms with van der Waals surface area (Å²) < 4.78 is 66.2. The molecule has 0 atom stereocenters. The van der Waals surface area contributed by atoms with Gasteiger partial charge in [-0.2, -0.15) is 0 Å². The first kappa shape index (κ1) is 96.9. The highest BCUT2D eigenvalue weighted by molar-refractivity contribution is 9.11. The minimum absolute atomic E-state index is 0.00694. The number of amides is 1. The molecule has 0 radical (unpaired) electrons. The molecule has 8 aromatic heterocycles. The van der Waals surface area contributed by atoms with E-state index in [-0.39, 0.29) is 87.5 Å². The van der Waals surface area contributed by atoms with Gasteiger partial charge < -0.3 is 39.8 Å². The molecule has 1 amide bonds. The largest absolute Gasteiger partial charge is 0.494 e. The number of rotatable bonds is 10. The first-order valence-electron chi connectivity index (χ1n) is 37.3. The summed E-state index contributed by atoms with van der Waals surface area (Å²) in [5, 5.41) is 46.8. The number of likely N-dealkylation sites (tertiary alicyclic amines) is 1. The van der Waals surface area contributed by atoms with Crippen LogP contribution in [0.5, 0.6) is 0 Å². The Hall–Kier alpha value is -6.57. The number of nitrogens with zero attached hydrogens (tertiary/aromatic N) is 5. The third kappa shape index (κ3) is 27.7. The molecule has 3 saturated heterocycles. The lowest BCUT2D eigenvalue weighted by Crippen LogP contribution is -2.41. The highest BCUT2D eigenvalue weighted by Gasteiger charge is 2.52. The molecule has 5 N–H and O–H groups in total. The van der Waals surface area contributed by atoms with Crippen LogP contribution in [0.15, 0.2) is 186 Å². The Morgan fingerprint density at radius 3 is 1.23 bits per heavy atom. The van der Waals surface area contributed by atoms with Crippen molar-refractivity contribution in [1.29, 1.82) is 0 Å². The molecule has 14 rings (SSSR count). The topological polar surface area (TPSA) is 217 Å². The van der Waals surface area contributed by atoms with E-state index >= 15 is 0 Å². The fourth-order valence-corrected chi connectivity index (χ4v) is 17.4. The molecular weight excluding hydrogens is 1840 g/mol. The van der Waals surface area contributed by atoms with Crippen LogP contribution in [0.2, 0.25) is 15.1 Å². The van der Waals surface area contributed by atoms with Gasteiger partial charge in [-0.05, 0) is 229 Å². The first-order chi connectivity index (χ1) is 54.8. The van der Waals surface area contributed by atoms with Crippen LogP contribution in [0, 0.1) is 0 Å². The highest BCUT2D eigenvalue weighted by Crippen LogP contribution is 2.42. The van der Waals surface area contributed by atoms with Gasteiger partial charge in [-0.15, -0.1) is 45.3 Å². The van der Waals surface area contributed by atoms with Crippen molar-refractivity contribution >= 4 is 171 Å². The number of pyridine rings is 4. The van der Waals surface area contributed by atoms with Crippen LogP contribution in [0.25, 0.3) is 53.6 Å². The minimum Gasteiger partial charge on any atom is -0.478 e. The molecule has 3 aromatic carbocycles. The van der Waals surface area contributed by atoms with Crippen LogP contribution < -0.4 is 16.2 Å². The summed E-state index contributed by atoms with van der Waals surface area (Å²) in [7, 11) is -2.00. The predicted octanol–water partition coefficient (Wildman–Crippen LogP) is 24.2. The van der Waals surface area contributed by atoms with Gasteiger partial charge in [0, 0.05) is 167 Å². The number of halogens is 10. The summed E-state index contributed by atoms with van der Waals surface area (Å²) in [6.45, 7) is 34.0. The number of aromatic carboxylic acids is 2. The molecule has 11 heterocycles. The normalized spacial score (nSPS) is 15.1. The van der Waals surface area contributed by atoms with Crippen molar-refractivity contribution in [3.63, 3.8) is 0 Å². The van der Waals surface area contributed by atoms with Crippen molar-refractivity contribution < 1.29 is 61.5 Å². The number of aromatic nitrogens is 4. The minimum atomic E-state index is -2.81.